The van der Waals surface area contributed by atoms with Crippen molar-refractivity contribution >= 4 is 11.0 Å². The largest absolute Gasteiger partial charge is 0.464 e. The van der Waals surface area contributed by atoms with Crippen molar-refractivity contribution in [3.05, 3.63) is 71.5 Å². The number of hydrogen-bond acceptors (Lipinski definition) is 2. The highest BCUT2D eigenvalue weighted by Gasteiger charge is 2.29. The maximum atomic E-state index is 5.46. The van der Waals surface area contributed by atoms with Crippen molar-refractivity contribution in [3.8, 4) is 0 Å². The zero-order valence-corrected chi connectivity index (χ0v) is 12.4. The van der Waals surface area contributed by atoms with Crippen molar-refractivity contribution in [2.45, 2.75) is 18.9 Å². The Morgan fingerprint density at radius 3 is 2.71 bits per heavy atom. The van der Waals surface area contributed by atoms with Crippen molar-refractivity contribution in [1.82, 2.24) is 4.90 Å². The van der Waals surface area contributed by atoms with Crippen LogP contribution in [0.3, 0.4) is 0 Å². The molecule has 106 valence electrons. The first-order chi connectivity index (χ1) is 10.2. The second kappa shape index (κ2) is 4.74. The van der Waals surface area contributed by atoms with Gasteiger partial charge in [-0.2, -0.15) is 0 Å². The molecule has 0 radical (unpaired) electrons. The number of rotatable bonds is 1. The van der Waals surface area contributed by atoms with Gasteiger partial charge < -0.3 is 4.42 Å². The predicted molar refractivity (Wildman–Crippen MR) is 85.5 cm³/mol. The van der Waals surface area contributed by atoms with Gasteiger partial charge in [0.1, 0.15) is 5.58 Å². The number of furan rings is 1. The van der Waals surface area contributed by atoms with E-state index in [1.807, 2.05) is 6.07 Å². The number of likely N-dealkylation sites (N-methyl/N-ethyl adjacent to an activating group) is 1. The second-order valence-electron chi connectivity index (χ2n) is 6.01. The number of hydrogen-bond donors (Lipinski definition) is 0. The van der Waals surface area contributed by atoms with Gasteiger partial charge in [-0.15, -0.1) is 0 Å². The monoisotopic (exact) mass is 277 g/mol. The molecule has 0 fully saturated rings. The smallest absolute Gasteiger partial charge is 0.133 e. The first-order valence-electron chi connectivity index (χ1n) is 7.50. The second-order valence-corrected chi connectivity index (χ2v) is 6.01. The van der Waals surface area contributed by atoms with Gasteiger partial charge in [0.2, 0.25) is 0 Å². The van der Waals surface area contributed by atoms with Gasteiger partial charge in [-0.25, -0.2) is 0 Å². The van der Waals surface area contributed by atoms with Crippen LogP contribution >= 0.6 is 0 Å². The highest BCUT2D eigenvalue weighted by Crippen LogP contribution is 2.38. The average molecular weight is 277 g/mol. The van der Waals surface area contributed by atoms with Crippen LogP contribution < -0.4 is 0 Å². The predicted octanol–water partition coefficient (Wildman–Crippen LogP) is 4.57. The molecule has 4 rings (SSSR count). The van der Waals surface area contributed by atoms with Crippen LogP contribution in [-0.4, -0.2) is 18.5 Å². The highest BCUT2D eigenvalue weighted by molar-refractivity contribution is 5.78. The molecule has 2 nitrogen and oxygen atoms in total. The van der Waals surface area contributed by atoms with Crippen LogP contribution in [0.2, 0.25) is 0 Å². The molecule has 0 aliphatic carbocycles. The fourth-order valence-electron chi connectivity index (χ4n) is 3.48. The van der Waals surface area contributed by atoms with Crippen LogP contribution in [-0.2, 0) is 0 Å². The Kier molecular flexibility index (Phi) is 2.86. The number of nitrogens with zero attached hydrogens (tertiary/aromatic N) is 1. The molecule has 2 unspecified atom stereocenters. The molecule has 0 saturated carbocycles. The maximum Gasteiger partial charge on any atom is 0.133 e. The maximum absolute atomic E-state index is 5.46. The van der Waals surface area contributed by atoms with Crippen LogP contribution in [0.25, 0.3) is 11.0 Å². The van der Waals surface area contributed by atoms with Crippen LogP contribution in [0.1, 0.15) is 35.6 Å². The molecule has 0 spiro atoms. The summed E-state index contributed by atoms with van der Waals surface area (Å²) >= 11 is 0. The van der Waals surface area contributed by atoms with Gasteiger partial charge in [0.05, 0.1) is 6.26 Å². The Bertz CT molecular complexity index is 789. The van der Waals surface area contributed by atoms with E-state index in [0.717, 1.165) is 12.1 Å². The van der Waals surface area contributed by atoms with E-state index in [2.05, 4.69) is 61.3 Å². The summed E-state index contributed by atoms with van der Waals surface area (Å²) in [6.45, 7) is 3.34. The van der Waals surface area contributed by atoms with Gasteiger partial charge in [-0.3, -0.25) is 4.90 Å². The van der Waals surface area contributed by atoms with E-state index in [9.17, 15) is 0 Å². The lowest BCUT2D eigenvalue weighted by Gasteiger charge is -2.37. The molecule has 0 bridgehead atoms. The lowest BCUT2D eigenvalue weighted by atomic mass is 9.82. The van der Waals surface area contributed by atoms with E-state index in [4.69, 9.17) is 4.42 Å². The average Bonchev–Trinajstić information content (AvgIpc) is 2.98. The zero-order valence-electron chi connectivity index (χ0n) is 12.4. The van der Waals surface area contributed by atoms with Gasteiger partial charge in [0, 0.05) is 23.9 Å². The summed E-state index contributed by atoms with van der Waals surface area (Å²) in [7, 11) is 2.21. The summed E-state index contributed by atoms with van der Waals surface area (Å²) in [6.07, 6.45) is 1.76. The summed E-state index contributed by atoms with van der Waals surface area (Å²) < 4.78 is 5.46. The van der Waals surface area contributed by atoms with Gasteiger partial charge in [0.15, 0.2) is 0 Å². The Morgan fingerprint density at radius 2 is 1.86 bits per heavy atom. The third-order valence-electron chi connectivity index (χ3n) is 4.83. The standard InChI is InChI=1S/C19H19NO/c1-13-16-5-3-4-6-17(16)18(12-20(13)2)14-7-8-19-15(11-14)9-10-21-19/h3-11,13,18H,12H2,1-2H3. The van der Waals surface area contributed by atoms with Gasteiger partial charge in [0.25, 0.3) is 0 Å². The zero-order chi connectivity index (χ0) is 14.4. The van der Waals surface area contributed by atoms with Gasteiger partial charge in [-0.1, -0.05) is 30.3 Å². The fourth-order valence-corrected chi connectivity index (χ4v) is 3.48. The molecule has 0 amide bonds. The first-order valence-corrected chi connectivity index (χ1v) is 7.50. The van der Waals surface area contributed by atoms with E-state index in [-0.39, 0.29) is 0 Å². The van der Waals surface area contributed by atoms with Gasteiger partial charge >= 0.3 is 0 Å². The Hall–Kier alpha value is -2.06. The summed E-state index contributed by atoms with van der Waals surface area (Å²) in [5, 5.41) is 1.19. The molecule has 21 heavy (non-hydrogen) atoms. The van der Waals surface area contributed by atoms with E-state index in [1.54, 1.807) is 6.26 Å². The van der Waals surface area contributed by atoms with Crippen molar-refractivity contribution in [2.24, 2.45) is 0 Å². The SMILES string of the molecule is CC1c2ccccc2C(c2ccc3occc3c2)CN1C. The first kappa shape index (κ1) is 12.7. The molecule has 2 heteroatoms. The minimum atomic E-state index is 0.432. The normalized spacial score (nSPS) is 22.4. The molecular formula is C19H19NO. The summed E-state index contributed by atoms with van der Waals surface area (Å²) in [4.78, 5) is 2.44. The molecule has 2 aromatic carbocycles. The molecule has 3 aromatic rings. The number of benzene rings is 2. The lowest BCUT2D eigenvalue weighted by Crippen LogP contribution is -2.33. The van der Waals surface area contributed by atoms with E-state index < -0.39 is 0 Å². The van der Waals surface area contributed by atoms with Crippen LogP contribution in [0.5, 0.6) is 0 Å². The van der Waals surface area contributed by atoms with Crippen molar-refractivity contribution in [1.29, 1.82) is 0 Å². The minimum absolute atomic E-state index is 0.432. The summed E-state index contributed by atoms with van der Waals surface area (Å²) in [6, 6.07) is 17.9. The molecule has 0 saturated heterocycles. The lowest BCUT2D eigenvalue weighted by molar-refractivity contribution is 0.234. The molecule has 1 aliphatic rings. The highest BCUT2D eigenvalue weighted by atomic mass is 16.3. The quantitative estimate of drug-likeness (QED) is 0.647. The molecular weight excluding hydrogens is 258 g/mol. The summed E-state index contributed by atoms with van der Waals surface area (Å²) in [5.74, 6) is 0.432. The fraction of sp³-hybridized carbons (Fsp3) is 0.263. The van der Waals surface area contributed by atoms with Crippen LogP contribution in [0.4, 0.5) is 0 Å². The molecule has 2 atom stereocenters. The Balaban J connectivity index is 1.85. The number of fused-ring (bicyclic) bond motifs is 2. The third-order valence-corrected chi connectivity index (χ3v) is 4.83. The molecule has 0 N–H and O–H groups in total. The van der Waals surface area contributed by atoms with E-state index in [0.29, 0.717) is 12.0 Å². The van der Waals surface area contributed by atoms with E-state index in [1.165, 1.54) is 22.1 Å². The third kappa shape index (κ3) is 1.98. The van der Waals surface area contributed by atoms with E-state index >= 15 is 0 Å². The summed E-state index contributed by atoms with van der Waals surface area (Å²) in [5.41, 5.74) is 5.24. The minimum Gasteiger partial charge on any atom is -0.464 e. The van der Waals surface area contributed by atoms with Crippen LogP contribution in [0.15, 0.2) is 59.2 Å². The Morgan fingerprint density at radius 1 is 1.05 bits per heavy atom. The van der Waals surface area contributed by atoms with Crippen molar-refractivity contribution < 1.29 is 4.42 Å². The van der Waals surface area contributed by atoms with Crippen molar-refractivity contribution in [2.75, 3.05) is 13.6 Å². The Labute approximate surface area is 125 Å². The molecule has 1 aliphatic heterocycles. The van der Waals surface area contributed by atoms with Crippen molar-refractivity contribution in [3.63, 3.8) is 0 Å². The van der Waals surface area contributed by atoms with Crippen LogP contribution in [0, 0.1) is 0 Å². The van der Waals surface area contributed by atoms with Gasteiger partial charge in [-0.05, 0) is 48.9 Å². The topological polar surface area (TPSA) is 16.4 Å². The molecule has 1 aromatic heterocycles. The molecule has 2 heterocycles.